The molecular formula is C5H5FO2S. The van der Waals surface area contributed by atoms with Gasteiger partial charge < -0.3 is 4.18 Å². The van der Waals surface area contributed by atoms with E-state index in [1.807, 2.05) is 0 Å². The van der Waals surface area contributed by atoms with E-state index in [2.05, 4.69) is 4.18 Å². The lowest BCUT2D eigenvalue weighted by molar-refractivity contribution is 0.430. The van der Waals surface area contributed by atoms with Crippen LogP contribution in [0.5, 0.6) is 0 Å². The van der Waals surface area contributed by atoms with Gasteiger partial charge in [0, 0.05) is 5.41 Å². The van der Waals surface area contributed by atoms with E-state index in [0.717, 1.165) is 11.5 Å². The average Bonchev–Trinajstić information content (AvgIpc) is 1.80. The summed E-state index contributed by atoms with van der Waals surface area (Å²) in [6.07, 6.45) is 1.13. The van der Waals surface area contributed by atoms with E-state index in [-0.39, 0.29) is 5.76 Å². The second-order valence-corrected chi connectivity index (χ2v) is 2.51. The molecule has 0 aromatic rings. The van der Waals surface area contributed by atoms with Crippen molar-refractivity contribution in [2.45, 2.75) is 6.92 Å². The van der Waals surface area contributed by atoms with Gasteiger partial charge in [-0.2, -0.15) is 0 Å². The Balaban J connectivity index is 2.87. The molecule has 1 heterocycles. The Labute approximate surface area is 54.7 Å². The largest absolute Gasteiger partial charge is 0.399 e. The van der Waals surface area contributed by atoms with Gasteiger partial charge in [0.2, 0.25) is 11.1 Å². The zero-order valence-electron chi connectivity index (χ0n) is 4.76. The smallest absolute Gasteiger partial charge is 0.232 e. The van der Waals surface area contributed by atoms with Crippen molar-refractivity contribution in [2.75, 3.05) is 0 Å². The summed E-state index contributed by atoms with van der Waals surface area (Å²) in [6, 6.07) is 0. The molecule has 0 spiro atoms. The standard InChI is InChI=1S/C5H5FO2S/c1-4-5(6)2-3-9(7)8-4/h2-3H,1H3. The Morgan fingerprint density at radius 3 is 2.89 bits per heavy atom. The highest BCUT2D eigenvalue weighted by Gasteiger charge is 2.08. The molecule has 0 aliphatic carbocycles. The van der Waals surface area contributed by atoms with Gasteiger partial charge in [-0.3, -0.25) is 0 Å². The van der Waals surface area contributed by atoms with Gasteiger partial charge in [-0.1, -0.05) is 0 Å². The quantitative estimate of drug-likeness (QED) is 0.519. The van der Waals surface area contributed by atoms with E-state index in [9.17, 15) is 8.60 Å². The van der Waals surface area contributed by atoms with Crippen molar-refractivity contribution < 1.29 is 12.8 Å². The Kier molecular flexibility index (Phi) is 1.66. The van der Waals surface area contributed by atoms with Crippen molar-refractivity contribution in [3.05, 3.63) is 23.1 Å². The Morgan fingerprint density at radius 2 is 2.44 bits per heavy atom. The van der Waals surface area contributed by atoms with Crippen LogP contribution in [-0.2, 0) is 15.3 Å². The Bertz CT molecular complexity index is 207. The molecule has 1 atom stereocenters. The van der Waals surface area contributed by atoms with Crippen LogP contribution in [0, 0.1) is 0 Å². The van der Waals surface area contributed by atoms with Crippen LogP contribution in [-0.4, -0.2) is 4.21 Å². The highest BCUT2D eigenvalue weighted by molar-refractivity contribution is 7.83. The molecule has 1 rings (SSSR count). The Morgan fingerprint density at radius 1 is 1.78 bits per heavy atom. The van der Waals surface area contributed by atoms with Crippen molar-refractivity contribution >= 4 is 11.1 Å². The van der Waals surface area contributed by atoms with Gasteiger partial charge in [-0.25, -0.2) is 8.60 Å². The fourth-order valence-electron chi connectivity index (χ4n) is 0.423. The van der Waals surface area contributed by atoms with Crippen LogP contribution < -0.4 is 0 Å². The first kappa shape index (κ1) is 6.48. The zero-order chi connectivity index (χ0) is 6.85. The van der Waals surface area contributed by atoms with Gasteiger partial charge >= 0.3 is 0 Å². The Hall–Kier alpha value is -0.640. The van der Waals surface area contributed by atoms with E-state index >= 15 is 0 Å². The predicted octanol–water partition coefficient (Wildman–Crippen LogP) is 1.40. The molecule has 9 heavy (non-hydrogen) atoms. The number of hydrogen-bond donors (Lipinski definition) is 0. The van der Waals surface area contributed by atoms with Crippen molar-refractivity contribution in [3.8, 4) is 0 Å². The normalized spacial score (nSPS) is 26.2. The fraction of sp³-hybridized carbons (Fsp3) is 0.200. The number of rotatable bonds is 0. The monoisotopic (exact) mass is 148 g/mol. The second-order valence-electron chi connectivity index (χ2n) is 1.55. The van der Waals surface area contributed by atoms with E-state index < -0.39 is 16.9 Å². The van der Waals surface area contributed by atoms with Gasteiger partial charge in [0.1, 0.15) is 5.76 Å². The molecule has 1 aliphatic rings. The lowest BCUT2D eigenvalue weighted by Crippen LogP contribution is -1.97. The molecule has 1 aliphatic heterocycles. The molecule has 0 saturated carbocycles. The van der Waals surface area contributed by atoms with Crippen LogP contribution in [0.1, 0.15) is 6.92 Å². The third-order valence-corrected chi connectivity index (χ3v) is 1.64. The minimum Gasteiger partial charge on any atom is -0.399 e. The molecule has 0 aromatic heterocycles. The highest BCUT2D eigenvalue weighted by atomic mass is 32.2. The van der Waals surface area contributed by atoms with Gasteiger partial charge in [-0.05, 0) is 13.0 Å². The summed E-state index contributed by atoms with van der Waals surface area (Å²) in [6.45, 7) is 1.43. The summed E-state index contributed by atoms with van der Waals surface area (Å²) in [4.78, 5) is 0. The molecule has 0 N–H and O–H groups in total. The first-order valence-electron chi connectivity index (χ1n) is 2.33. The van der Waals surface area contributed by atoms with E-state index in [1.165, 1.54) is 6.92 Å². The minimum absolute atomic E-state index is 0.0795. The molecule has 0 saturated heterocycles. The molecule has 0 radical (unpaired) electrons. The van der Waals surface area contributed by atoms with Crippen LogP contribution in [0.2, 0.25) is 0 Å². The van der Waals surface area contributed by atoms with Crippen molar-refractivity contribution in [1.29, 1.82) is 0 Å². The van der Waals surface area contributed by atoms with Crippen molar-refractivity contribution in [3.63, 3.8) is 0 Å². The van der Waals surface area contributed by atoms with Crippen LogP contribution in [0.15, 0.2) is 23.1 Å². The maximum absolute atomic E-state index is 12.3. The van der Waals surface area contributed by atoms with Crippen LogP contribution in [0.25, 0.3) is 0 Å². The molecule has 0 fully saturated rings. The number of allylic oxidation sites excluding steroid dienone is 3. The zero-order valence-corrected chi connectivity index (χ0v) is 5.57. The first-order chi connectivity index (χ1) is 4.20. The van der Waals surface area contributed by atoms with Crippen molar-refractivity contribution in [1.82, 2.24) is 0 Å². The molecule has 1 unspecified atom stereocenters. The molecule has 0 bridgehead atoms. The summed E-state index contributed by atoms with van der Waals surface area (Å²) in [7, 11) is 0. The lowest BCUT2D eigenvalue weighted by Gasteiger charge is -2.04. The molecule has 0 amide bonds. The average molecular weight is 148 g/mol. The molecule has 2 nitrogen and oxygen atoms in total. The SMILES string of the molecule is CC1=C(F)C=CS(=O)O1. The highest BCUT2D eigenvalue weighted by Crippen LogP contribution is 2.15. The summed E-state index contributed by atoms with van der Waals surface area (Å²) >= 11 is -1.47. The van der Waals surface area contributed by atoms with E-state index in [4.69, 9.17) is 0 Å². The maximum atomic E-state index is 12.3. The third kappa shape index (κ3) is 1.38. The van der Waals surface area contributed by atoms with E-state index in [0.29, 0.717) is 0 Å². The molecule has 4 heteroatoms. The van der Waals surface area contributed by atoms with Crippen molar-refractivity contribution in [2.24, 2.45) is 0 Å². The van der Waals surface area contributed by atoms with Gasteiger partial charge in [-0.15, -0.1) is 0 Å². The maximum Gasteiger partial charge on any atom is 0.232 e. The van der Waals surface area contributed by atoms with Crippen LogP contribution in [0.4, 0.5) is 4.39 Å². The molecular weight excluding hydrogens is 143 g/mol. The van der Waals surface area contributed by atoms with E-state index in [1.54, 1.807) is 0 Å². The summed E-state index contributed by atoms with van der Waals surface area (Å²) < 4.78 is 27.2. The molecule has 0 aromatic carbocycles. The fourth-order valence-corrected chi connectivity index (χ4v) is 1.04. The number of hydrogen-bond acceptors (Lipinski definition) is 2. The van der Waals surface area contributed by atoms with Gasteiger partial charge in [0.05, 0.1) is 0 Å². The lowest BCUT2D eigenvalue weighted by atomic mass is 10.4. The van der Waals surface area contributed by atoms with Crippen LogP contribution in [0.3, 0.4) is 0 Å². The third-order valence-electron chi connectivity index (χ3n) is 0.869. The first-order valence-corrected chi connectivity index (χ1v) is 3.47. The summed E-state index contributed by atoms with van der Waals surface area (Å²) in [5.41, 5.74) is 0. The van der Waals surface area contributed by atoms with Gasteiger partial charge in [0.25, 0.3) is 0 Å². The molecule has 50 valence electrons. The van der Waals surface area contributed by atoms with Gasteiger partial charge in [0.15, 0.2) is 5.83 Å². The number of halogens is 1. The second kappa shape index (κ2) is 2.31. The summed E-state index contributed by atoms with van der Waals surface area (Å²) in [5, 5.41) is 1.16. The topological polar surface area (TPSA) is 26.3 Å². The predicted molar refractivity (Wildman–Crippen MR) is 32.2 cm³/mol. The van der Waals surface area contributed by atoms with Crippen LogP contribution >= 0.6 is 0 Å². The minimum atomic E-state index is -1.47. The summed E-state index contributed by atoms with van der Waals surface area (Å²) in [5.74, 6) is -0.384.